The average molecular weight is 184 g/mol. The molecular weight excluding hydrogens is 164 g/mol. The lowest BCUT2D eigenvalue weighted by molar-refractivity contribution is -0.0236. The number of rotatable bonds is 2. The van der Waals surface area contributed by atoms with Crippen LogP contribution in [0.3, 0.4) is 0 Å². The number of piperidine rings is 1. The van der Waals surface area contributed by atoms with Crippen molar-refractivity contribution < 1.29 is 5.11 Å². The van der Waals surface area contributed by atoms with E-state index >= 15 is 0 Å². The normalized spacial score (nSPS) is 32.5. The van der Waals surface area contributed by atoms with Crippen molar-refractivity contribution in [3.63, 3.8) is 0 Å². The molecule has 0 spiro atoms. The lowest BCUT2D eigenvalue weighted by Gasteiger charge is -2.34. The molecule has 0 saturated carbocycles. The molecule has 0 radical (unpaired) electrons. The van der Waals surface area contributed by atoms with E-state index in [0.717, 1.165) is 13.1 Å². The van der Waals surface area contributed by atoms with Crippen LogP contribution in [0.25, 0.3) is 0 Å². The summed E-state index contributed by atoms with van der Waals surface area (Å²) >= 11 is 0. The first-order valence-corrected chi connectivity index (χ1v) is 5.51. The van der Waals surface area contributed by atoms with Crippen molar-refractivity contribution in [2.75, 3.05) is 32.8 Å². The predicted molar refractivity (Wildman–Crippen MR) is 52.2 cm³/mol. The Bertz CT molecular complexity index is 157. The molecule has 3 nitrogen and oxygen atoms in total. The van der Waals surface area contributed by atoms with Crippen molar-refractivity contribution >= 4 is 0 Å². The number of aliphatic hydroxyl groups is 1. The van der Waals surface area contributed by atoms with Gasteiger partial charge in [0.2, 0.25) is 0 Å². The van der Waals surface area contributed by atoms with Gasteiger partial charge in [-0.25, -0.2) is 10.0 Å². The third-order valence-corrected chi connectivity index (χ3v) is 3.26. The summed E-state index contributed by atoms with van der Waals surface area (Å²) in [5.41, 5.74) is 0. The first-order valence-electron chi connectivity index (χ1n) is 5.51. The van der Waals surface area contributed by atoms with Crippen LogP contribution >= 0.6 is 0 Å². The Kier molecular flexibility index (Phi) is 3.19. The fraction of sp³-hybridized carbons (Fsp3) is 1.00. The Morgan fingerprint density at radius 3 is 2.38 bits per heavy atom. The van der Waals surface area contributed by atoms with Crippen LogP contribution in [0.1, 0.15) is 25.7 Å². The number of hydrazine groups is 1. The van der Waals surface area contributed by atoms with Gasteiger partial charge in [-0.05, 0) is 25.2 Å². The smallest absolute Gasteiger partial charge is 0.0472 e. The average Bonchev–Trinajstić information content (AvgIpc) is 2.67. The molecule has 1 atom stereocenters. The summed E-state index contributed by atoms with van der Waals surface area (Å²) in [4.78, 5) is 0. The van der Waals surface area contributed by atoms with Crippen molar-refractivity contribution in [2.45, 2.75) is 25.7 Å². The lowest BCUT2D eigenvalue weighted by Crippen LogP contribution is -2.44. The molecule has 0 aliphatic carbocycles. The van der Waals surface area contributed by atoms with E-state index in [2.05, 4.69) is 10.0 Å². The largest absolute Gasteiger partial charge is 0.396 e. The standard InChI is InChI=1S/C10H20N2O/c13-9-10-4-7-12(8-10)11-5-2-1-3-6-11/h10,13H,1-9H2. The van der Waals surface area contributed by atoms with Crippen LogP contribution in [-0.2, 0) is 0 Å². The minimum atomic E-state index is 0.365. The van der Waals surface area contributed by atoms with Gasteiger partial charge in [0.1, 0.15) is 0 Å². The van der Waals surface area contributed by atoms with Crippen LogP contribution in [0.15, 0.2) is 0 Å². The quantitative estimate of drug-likeness (QED) is 0.684. The first kappa shape index (κ1) is 9.44. The highest BCUT2D eigenvalue weighted by atomic mass is 16.3. The highest BCUT2D eigenvalue weighted by Crippen LogP contribution is 2.20. The molecule has 1 N–H and O–H groups in total. The van der Waals surface area contributed by atoms with Crippen LogP contribution < -0.4 is 0 Å². The van der Waals surface area contributed by atoms with E-state index in [4.69, 9.17) is 5.11 Å². The molecule has 1 unspecified atom stereocenters. The maximum Gasteiger partial charge on any atom is 0.0472 e. The Labute approximate surface area is 80.3 Å². The molecule has 76 valence electrons. The molecule has 2 rings (SSSR count). The van der Waals surface area contributed by atoms with E-state index in [0.29, 0.717) is 12.5 Å². The van der Waals surface area contributed by atoms with Crippen molar-refractivity contribution in [2.24, 2.45) is 5.92 Å². The van der Waals surface area contributed by atoms with E-state index < -0.39 is 0 Å². The van der Waals surface area contributed by atoms with Crippen LogP contribution in [0.5, 0.6) is 0 Å². The molecule has 2 aliphatic heterocycles. The van der Waals surface area contributed by atoms with Crippen molar-refractivity contribution in [1.29, 1.82) is 0 Å². The van der Waals surface area contributed by atoms with Gasteiger partial charge in [0.25, 0.3) is 0 Å². The minimum Gasteiger partial charge on any atom is -0.396 e. The number of aliphatic hydroxyl groups excluding tert-OH is 1. The van der Waals surface area contributed by atoms with Crippen molar-refractivity contribution in [1.82, 2.24) is 10.0 Å². The molecule has 2 aliphatic rings. The Balaban J connectivity index is 1.80. The van der Waals surface area contributed by atoms with E-state index in [-0.39, 0.29) is 0 Å². The second kappa shape index (κ2) is 4.40. The van der Waals surface area contributed by atoms with E-state index in [9.17, 15) is 0 Å². The van der Waals surface area contributed by atoms with Gasteiger partial charge in [0, 0.05) is 32.8 Å². The summed E-state index contributed by atoms with van der Waals surface area (Å²) in [7, 11) is 0. The molecule has 2 saturated heterocycles. The Hall–Kier alpha value is -0.120. The Morgan fingerprint density at radius 2 is 1.77 bits per heavy atom. The highest BCUT2D eigenvalue weighted by Gasteiger charge is 2.26. The lowest BCUT2D eigenvalue weighted by atomic mass is 10.1. The minimum absolute atomic E-state index is 0.365. The van der Waals surface area contributed by atoms with Crippen molar-refractivity contribution in [3.8, 4) is 0 Å². The summed E-state index contributed by atoms with van der Waals surface area (Å²) in [5.74, 6) is 0.530. The molecule has 0 aromatic rings. The Morgan fingerprint density at radius 1 is 1.00 bits per heavy atom. The second-order valence-electron chi connectivity index (χ2n) is 4.26. The molecule has 3 heteroatoms. The number of nitrogens with zero attached hydrogens (tertiary/aromatic N) is 2. The van der Waals surface area contributed by atoms with Gasteiger partial charge < -0.3 is 5.11 Å². The SMILES string of the molecule is OCC1CCN(N2CCCCC2)C1. The summed E-state index contributed by atoms with van der Waals surface area (Å²) in [5, 5.41) is 14.0. The third-order valence-electron chi connectivity index (χ3n) is 3.26. The number of hydrogen-bond donors (Lipinski definition) is 1. The predicted octanol–water partition coefficient (Wildman–Crippen LogP) is 0.701. The molecule has 0 amide bonds. The molecule has 2 heterocycles. The van der Waals surface area contributed by atoms with Crippen LogP contribution in [-0.4, -0.2) is 47.9 Å². The second-order valence-corrected chi connectivity index (χ2v) is 4.26. The number of hydrogen-bond acceptors (Lipinski definition) is 3. The van der Waals surface area contributed by atoms with Crippen LogP contribution in [0.4, 0.5) is 0 Å². The van der Waals surface area contributed by atoms with Gasteiger partial charge >= 0.3 is 0 Å². The zero-order valence-electron chi connectivity index (χ0n) is 8.28. The van der Waals surface area contributed by atoms with Gasteiger partial charge in [0.15, 0.2) is 0 Å². The van der Waals surface area contributed by atoms with Crippen molar-refractivity contribution in [3.05, 3.63) is 0 Å². The molecule has 0 bridgehead atoms. The molecule has 0 aromatic carbocycles. The monoisotopic (exact) mass is 184 g/mol. The maximum atomic E-state index is 9.04. The molecule has 13 heavy (non-hydrogen) atoms. The van der Waals surface area contributed by atoms with Gasteiger partial charge in [-0.2, -0.15) is 0 Å². The zero-order valence-corrected chi connectivity index (χ0v) is 8.28. The van der Waals surface area contributed by atoms with Gasteiger partial charge in [0.05, 0.1) is 0 Å². The maximum absolute atomic E-state index is 9.04. The summed E-state index contributed by atoms with van der Waals surface area (Å²) in [6, 6.07) is 0. The third kappa shape index (κ3) is 2.22. The summed E-state index contributed by atoms with van der Waals surface area (Å²) in [6.07, 6.45) is 5.27. The van der Waals surface area contributed by atoms with Crippen LogP contribution in [0.2, 0.25) is 0 Å². The zero-order chi connectivity index (χ0) is 9.10. The summed E-state index contributed by atoms with van der Waals surface area (Å²) < 4.78 is 0. The highest BCUT2D eigenvalue weighted by molar-refractivity contribution is 4.75. The van der Waals surface area contributed by atoms with E-state index in [1.165, 1.54) is 38.8 Å². The molecule has 0 aromatic heterocycles. The fourth-order valence-corrected chi connectivity index (χ4v) is 2.38. The molecule has 2 fully saturated rings. The fourth-order valence-electron chi connectivity index (χ4n) is 2.38. The van der Waals surface area contributed by atoms with E-state index in [1.807, 2.05) is 0 Å². The van der Waals surface area contributed by atoms with Gasteiger partial charge in [-0.15, -0.1) is 0 Å². The van der Waals surface area contributed by atoms with Gasteiger partial charge in [-0.3, -0.25) is 0 Å². The summed E-state index contributed by atoms with van der Waals surface area (Å²) in [6.45, 7) is 5.07. The van der Waals surface area contributed by atoms with Gasteiger partial charge in [-0.1, -0.05) is 6.42 Å². The topological polar surface area (TPSA) is 26.7 Å². The first-order chi connectivity index (χ1) is 6.40. The van der Waals surface area contributed by atoms with E-state index in [1.54, 1.807) is 0 Å². The van der Waals surface area contributed by atoms with Crippen LogP contribution in [0, 0.1) is 5.92 Å². The molecular formula is C10H20N2O.